The second kappa shape index (κ2) is 8.41. The lowest BCUT2D eigenvalue weighted by Gasteiger charge is -2.21. The lowest BCUT2D eigenvalue weighted by Crippen LogP contribution is -2.42. The fraction of sp³-hybridized carbons (Fsp3) is 0.588. The van der Waals surface area contributed by atoms with Crippen molar-refractivity contribution in [3.8, 4) is 5.75 Å². The molecule has 6 heteroatoms. The minimum atomic E-state index is -0.0969. The molecule has 128 valence electrons. The molecule has 1 aliphatic heterocycles. The lowest BCUT2D eigenvalue weighted by molar-refractivity contribution is 0.187. The van der Waals surface area contributed by atoms with E-state index in [1.165, 1.54) is 0 Å². The summed E-state index contributed by atoms with van der Waals surface area (Å²) in [6.07, 6.45) is 0.975. The largest absolute Gasteiger partial charge is 0.489 e. The Bertz CT molecular complexity index is 507. The number of rotatable bonds is 6. The highest BCUT2D eigenvalue weighted by molar-refractivity contribution is 6.30. The Labute approximate surface area is 143 Å². The molecule has 2 amide bonds. The third-order valence-electron chi connectivity index (χ3n) is 3.89. The second-order valence-corrected chi connectivity index (χ2v) is 6.87. The Balaban J connectivity index is 1.70. The Morgan fingerprint density at radius 1 is 1.43 bits per heavy atom. The van der Waals surface area contributed by atoms with Gasteiger partial charge < -0.3 is 19.9 Å². The van der Waals surface area contributed by atoms with E-state index in [0.29, 0.717) is 17.5 Å². The van der Waals surface area contributed by atoms with Gasteiger partial charge in [-0.05, 0) is 57.6 Å². The summed E-state index contributed by atoms with van der Waals surface area (Å²) in [6.45, 7) is 5.11. The average Bonchev–Trinajstić information content (AvgIpc) is 2.95. The number of nitrogens with zero attached hydrogens (tertiary/aromatic N) is 2. The van der Waals surface area contributed by atoms with Gasteiger partial charge in [-0.15, -0.1) is 0 Å². The number of hydrogen-bond acceptors (Lipinski definition) is 3. The summed E-state index contributed by atoms with van der Waals surface area (Å²) in [5.74, 6) is 1.32. The first-order chi connectivity index (χ1) is 10.9. The van der Waals surface area contributed by atoms with Crippen molar-refractivity contribution < 1.29 is 9.53 Å². The van der Waals surface area contributed by atoms with Crippen molar-refractivity contribution in [2.24, 2.45) is 5.92 Å². The number of amides is 2. The number of carbonyl (C=O) groups is 1. The third kappa shape index (κ3) is 5.92. The van der Waals surface area contributed by atoms with Crippen molar-refractivity contribution in [3.63, 3.8) is 0 Å². The summed E-state index contributed by atoms with van der Waals surface area (Å²) in [5.41, 5.74) is 0. The number of likely N-dealkylation sites (tertiary alicyclic amines) is 1. The molecular formula is C17H26ClN3O2. The zero-order valence-corrected chi connectivity index (χ0v) is 14.8. The Kier molecular flexibility index (Phi) is 6.54. The van der Waals surface area contributed by atoms with Crippen LogP contribution in [-0.4, -0.2) is 62.2 Å². The van der Waals surface area contributed by atoms with Crippen LogP contribution in [0.3, 0.4) is 0 Å². The summed E-state index contributed by atoms with van der Waals surface area (Å²) in [4.78, 5) is 16.3. The van der Waals surface area contributed by atoms with Crippen LogP contribution in [-0.2, 0) is 0 Å². The summed E-state index contributed by atoms with van der Waals surface area (Å²) >= 11 is 5.85. The molecule has 2 atom stereocenters. The minimum Gasteiger partial charge on any atom is -0.489 e. The van der Waals surface area contributed by atoms with Gasteiger partial charge in [-0.2, -0.15) is 0 Å². The lowest BCUT2D eigenvalue weighted by atomic mass is 10.1. The predicted molar refractivity (Wildman–Crippen MR) is 93.2 cm³/mol. The van der Waals surface area contributed by atoms with Gasteiger partial charge >= 0.3 is 6.03 Å². The van der Waals surface area contributed by atoms with Crippen molar-refractivity contribution in [2.45, 2.75) is 19.4 Å². The van der Waals surface area contributed by atoms with Crippen molar-refractivity contribution in [3.05, 3.63) is 29.3 Å². The zero-order valence-electron chi connectivity index (χ0n) is 14.1. The summed E-state index contributed by atoms with van der Waals surface area (Å²) < 4.78 is 5.76. The van der Waals surface area contributed by atoms with E-state index in [9.17, 15) is 4.79 Å². The standard InChI is InChI=1S/C17H26ClN3O2/c1-13(23-16-6-4-15(18)5-7-16)10-19-17(22)21-9-8-14(12-21)11-20(2)3/h4-7,13-14H,8-12H2,1-3H3,(H,19,22)/t13-,14+/m1/s1. The van der Waals surface area contributed by atoms with E-state index in [4.69, 9.17) is 16.3 Å². The zero-order chi connectivity index (χ0) is 16.8. The maximum atomic E-state index is 12.2. The van der Waals surface area contributed by atoms with Gasteiger partial charge in [-0.25, -0.2) is 4.79 Å². The number of urea groups is 1. The Hall–Kier alpha value is -1.46. The van der Waals surface area contributed by atoms with Crippen molar-refractivity contribution in [2.75, 3.05) is 40.3 Å². The summed E-state index contributed by atoms with van der Waals surface area (Å²) in [6, 6.07) is 7.23. The molecule has 5 nitrogen and oxygen atoms in total. The van der Waals surface area contributed by atoms with Crippen LogP contribution >= 0.6 is 11.6 Å². The molecule has 1 saturated heterocycles. The molecule has 0 aliphatic carbocycles. The second-order valence-electron chi connectivity index (χ2n) is 6.43. The molecule has 1 N–H and O–H groups in total. The molecule has 0 radical (unpaired) electrons. The molecular weight excluding hydrogens is 314 g/mol. The topological polar surface area (TPSA) is 44.8 Å². The third-order valence-corrected chi connectivity index (χ3v) is 4.14. The van der Waals surface area contributed by atoms with Crippen molar-refractivity contribution >= 4 is 17.6 Å². The SMILES string of the molecule is C[C@H](CNC(=O)N1CC[C@@H](CN(C)C)C1)Oc1ccc(Cl)cc1. The van der Waals surface area contributed by atoms with Gasteiger partial charge in [0.05, 0.1) is 6.54 Å². The number of ether oxygens (including phenoxy) is 1. The first kappa shape index (κ1) is 17.9. The van der Waals surface area contributed by atoms with Crippen LogP contribution in [0, 0.1) is 5.92 Å². The van der Waals surface area contributed by atoms with Crippen molar-refractivity contribution in [1.82, 2.24) is 15.1 Å². The molecule has 1 fully saturated rings. The molecule has 1 aromatic carbocycles. The molecule has 0 aromatic heterocycles. The summed E-state index contributed by atoms with van der Waals surface area (Å²) in [5, 5.41) is 3.63. The van der Waals surface area contributed by atoms with Gasteiger partial charge in [0.2, 0.25) is 0 Å². The van der Waals surface area contributed by atoms with E-state index in [2.05, 4.69) is 24.3 Å². The molecule has 23 heavy (non-hydrogen) atoms. The first-order valence-electron chi connectivity index (χ1n) is 8.03. The normalized spacial score (nSPS) is 19.0. The molecule has 1 aliphatic rings. The number of carbonyl (C=O) groups excluding carboxylic acids is 1. The number of nitrogens with one attached hydrogen (secondary N) is 1. The van der Waals surface area contributed by atoms with Crippen molar-refractivity contribution in [1.29, 1.82) is 0 Å². The smallest absolute Gasteiger partial charge is 0.317 e. The molecule has 1 heterocycles. The van der Waals surface area contributed by atoms with Gasteiger partial charge in [-0.3, -0.25) is 0 Å². The van der Waals surface area contributed by atoms with E-state index in [1.807, 2.05) is 24.0 Å². The van der Waals surface area contributed by atoms with E-state index >= 15 is 0 Å². The van der Waals surface area contributed by atoms with Crippen LogP contribution < -0.4 is 10.1 Å². The highest BCUT2D eigenvalue weighted by atomic mass is 35.5. The van der Waals surface area contributed by atoms with Crippen LogP contribution in [0.4, 0.5) is 4.79 Å². The van der Waals surface area contributed by atoms with E-state index in [-0.39, 0.29) is 12.1 Å². The maximum absolute atomic E-state index is 12.2. The molecule has 0 saturated carbocycles. The van der Waals surface area contributed by atoms with E-state index < -0.39 is 0 Å². The molecule has 0 spiro atoms. The monoisotopic (exact) mass is 339 g/mol. The average molecular weight is 340 g/mol. The first-order valence-corrected chi connectivity index (χ1v) is 8.41. The van der Waals surface area contributed by atoms with Crippen LogP contribution in [0.15, 0.2) is 24.3 Å². The van der Waals surface area contributed by atoms with E-state index in [1.54, 1.807) is 12.1 Å². The molecule has 2 rings (SSSR count). The predicted octanol–water partition coefficient (Wildman–Crippen LogP) is 2.70. The quantitative estimate of drug-likeness (QED) is 0.866. The highest BCUT2D eigenvalue weighted by Gasteiger charge is 2.26. The fourth-order valence-electron chi connectivity index (χ4n) is 2.81. The van der Waals surface area contributed by atoms with Crippen LogP contribution in [0.2, 0.25) is 5.02 Å². The van der Waals surface area contributed by atoms with Gasteiger partial charge in [0.25, 0.3) is 0 Å². The fourth-order valence-corrected chi connectivity index (χ4v) is 2.94. The Morgan fingerprint density at radius 2 is 2.13 bits per heavy atom. The molecule has 0 bridgehead atoms. The van der Waals surface area contributed by atoms with E-state index in [0.717, 1.165) is 31.8 Å². The van der Waals surface area contributed by atoms with Gasteiger partial charge in [0.1, 0.15) is 11.9 Å². The number of halogens is 1. The molecule has 0 unspecified atom stereocenters. The van der Waals surface area contributed by atoms with Gasteiger partial charge in [0.15, 0.2) is 0 Å². The minimum absolute atomic E-state index is 0.00203. The maximum Gasteiger partial charge on any atom is 0.317 e. The van der Waals surface area contributed by atoms with Crippen LogP contribution in [0.25, 0.3) is 0 Å². The van der Waals surface area contributed by atoms with Crippen LogP contribution in [0.5, 0.6) is 5.75 Å². The molecule has 1 aromatic rings. The number of hydrogen-bond donors (Lipinski definition) is 1. The Morgan fingerprint density at radius 3 is 2.78 bits per heavy atom. The van der Waals surface area contributed by atoms with Crippen LogP contribution in [0.1, 0.15) is 13.3 Å². The highest BCUT2D eigenvalue weighted by Crippen LogP contribution is 2.18. The van der Waals surface area contributed by atoms with Gasteiger partial charge in [-0.1, -0.05) is 11.6 Å². The number of benzene rings is 1. The van der Waals surface area contributed by atoms with Gasteiger partial charge in [0, 0.05) is 24.7 Å². The summed E-state index contributed by atoms with van der Waals surface area (Å²) in [7, 11) is 4.14.